The largest absolute Gasteiger partial charge is 0.465 e. The third-order valence-corrected chi connectivity index (χ3v) is 2.39. The second-order valence-corrected chi connectivity index (χ2v) is 3.57. The van der Waals surface area contributed by atoms with E-state index in [0.717, 1.165) is 11.1 Å². The van der Waals surface area contributed by atoms with Crippen LogP contribution in [0.15, 0.2) is 42.7 Å². The van der Waals surface area contributed by atoms with Gasteiger partial charge in [-0.05, 0) is 41.5 Å². The van der Waals surface area contributed by atoms with Crippen LogP contribution in [0.4, 0.5) is 5.69 Å². The van der Waals surface area contributed by atoms with Gasteiger partial charge in [-0.25, -0.2) is 4.79 Å². The second kappa shape index (κ2) is 4.65. The first-order chi connectivity index (χ1) is 8.20. The van der Waals surface area contributed by atoms with Gasteiger partial charge >= 0.3 is 5.97 Å². The first-order valence-corrected chi connectivity index (χ1v) is 5.10. The van der Waals surface area contributed by atoms with E-state index < -0.39 is 5.97 Å². The summed E-state index contributed by atoms with van der Waals surface area (Å²) in [6.07, 6.45) is 3.38. The molecule has 0 radical (unpaired) electrons. The van der Waals surface area contributed by atoms with Crippen molar-refractivity contribution in [3.8, 4) is 11.1 Å². The van der Waals surface area contributed by atoms with Gasteiger partial charge in [0.05, 0.1) is 12.7 Å². The SMILES string of the molecule is COC(=O)c1cc(N)cc(-c2ccncc2)c1. The number of nitrogens with zero attached hydrogens (tertiary/aromatic N) is 1. The molecule has 1 aromatic heterocycles. The highest BCUT2D eigenvalue weighted by molar-refractivity contribution is 5.92. The van der Waals surface area contributed by atoms with Crippen molar-refractivity contribution < 1.29 is 9.53 Å². The fourth-order valence-corrected chi connectivity index (χ4v) is 1.60. The van der Waals surface area contributed by atoms with Gasteiger partial charge in [-0.1, -0.05) is 0 Å². The fraction of sp³-hybridized carbons (Fsp3) is 0.0769. The maximum atomic E-state index is 11.5. The molecule has 0 unspecified atom stereocenters. The number of methoxy groups -OCH3 is 1. The van der Waals surface area contributed by atoms with Crippen LogP contribution in [0.3, 0.4) is 0 Å². The molecule has 0 amide bonds. The average molecular weight is 228 g/mol. The summed E-state index contributed by atoms with van der Waals surface area (Å²) < 4.78 is 4.68. The second-order valence-electron chi connectivity index (χ2n) is 3.57. The van der Waals surface area contributed by atoms with Gasteiger partial charge in [0.15, 0.2) is 0 Å². The number of esters is 1. The lowest BCUT2D eigenvalue weighted by Crippen LogP contribution is -2.02. The van der Waals surface area contributed by atoms with Crippen molar-refractivity contribution in [2.24, 2.45) is 0 Å². The van der Waals surface area contributed by atoms with Crippen molar-refractivity contribution in [3.63, 3.8) is 0 Å². The van der Waals surface area contributed by atoms with E-state index in [0.29, 0.717) is 11.3 Å². The van der Waals surface area contributed by atoms with E-state index in [1.165, 1.54) is 7.11 Å². The molecule has 17 heavy (non-hydrogen) atoms. The Balaban J connectivity index is 2.49. The zero-order valence-electron chi connectivity index (χ0n) is 9.38. The molecule has 0 saturated heterocycles. The Kier molecular flexibility index (Phi) is 3.05. The van der Waals surface area contributed by atoms with E-state index in [9.17, 15) is 4.79 Å². The number of rotatable bonds is 2. The summed E-state index contributed by atoms with van der Waals surface area (Å²) in [5.74, 6) is -0.396. The number of carbonyl (C=O) groups excluding carboxylic acids is 1. The van der Waals surface area contributed by atoms with Crippen LogP contribution in [0.2, 0.25) is 0 Å². The zero-order valence-corrected chi connectivity index (χ0v) is 9.38. The zero-order chi connectivity index (χ0) is 12.3. The molecule has 0 aliphatic carbocycles. The molecule has 86 valence electrons. The Bertz CT molecular complexity index is 538. The Hall–Kier alpha value is -2.36. The Morgan fingerprint density at radius 1 is 1.18 bits per heavy atom. The van der Waals surface area contributed by atoms with Crippen LogP contribution in [0, 0.1) is 0 Å². The fourth-order valence-electron chi connectivity index (χ4n) is 1.60. The van der Waals surface area contributed by atoms with E-state index >= 15 is 0 Å². The molecule has 0 bridgehead atoms. The van der Waals surface area contributed by atoms with Crippen LogP contribution in [0.25, 0.3) is 11.1 Å². The molecule has 4 nitrogen and oxygen atoms in total. The lowest BCUT2D eigenvalue weighted by molar-refractivity contribution is 0.0601. The van der Waals surface area contributed by atoms with E-state index in [2.05, 4.69) is 9.72 Å². The summed E-state index contributed by atoms with van der Waals surface area (Å²) in [4.78, 5) is 15.4. The summed E-state index contributed by atoms with van der Waals surface area (Å²) in [6.45, 7) is 0. The normalized spacial score (nSPS) is 9.94. The summed E-state index contributed by atoms with van der Waals surface area (Å²) in [6, 6.07) is 8.86. The molecular weight excluding hydrogens is 216 g/mol. The lowest BCUT2D eigenvalue weighted by Gasteiger charge is -2.06. The number of nitrogen functional groups attached to an aromatic ring is 1. The standard InChI is InChI=1S/C13H12N2O2/c1-17-13(16)11-6-10(7-12(14)8-11)9-2-4-15-5-3-9/h2-8H,14H2,1H3. The molecule has 0 fully saturated rings. The molecule has 1 heterocycles. The minimum atomic E-state index is -0.396. The first-order valence-electron chi connectivity index (χ1n) is 5.10. The number of benzene rings is 1. The highest BCUT2D eigenvalue weighted by atomic mass is 16.5. The number of hydrogen-bond acceptors (Lipinski definition) is 4. The van der Waals surface area contributed by atoms with Gasteiger partial charge in [0.25, 0.3) is 0 Å². The van der Waals surface area contributed by atoms with Crippen LogP contribution >= 0.6 is 0 Å². The van der Waals surface area contributed by atoms with Gasteiger partial charge in [-0.2, -0.15) is 0 Å². The molecule has 0 aliphatic rings. The van der Waals surface area contributed by atoms with E-state index in [1.54, 1.807) is 24.5 Å². The maximum absolute atomic E-state index is 11.5. The van der Waals surface area contributed by atoms with E-state index in [4.69, 9.17) is 5.73 Å². The third-order valence-electron chi connectivity index (χ3n) is 2.39. The molecule has 1 aromatic carbocycles. The minimum absolute atomic E-state index is 0.396. The maximum Gasteiger partial charge on any atom is 0.337 e. The van der Waals surface area contributed by atoms with Crippen LogP contribution in [0.5, 0.6) is 0 Å². The van der Waals surface area contributed by atoms with E-state index in [1.807, 2.05) is 18.2 Å². The topological polar surface area (TPSA) is 65.2 Å². The predicted octanol–water partition coefficient (Wildman–Crippen LogP) is 2.12. The average Bonchev–Trinajstić information content (AvgIpc) is 2.38. The van der Waals surface area contributed by atoms with Crippen molar-refractivity contribution in [1.29, 1.82) is 0 Å². The molecule has 2 N–H and O–H groups in total. The highest BCUT2D eigenvalue weighted by Crippen LogP contribution is 2.23. The highest BCUT2D eigenvalue weighted by Gasteiger charge is 2.08. The van der Waals surface area contributed by atoms with Crippen LogP contribution < -0.4 is 5.73 Å². The van der Waals surface area contributed by atoms with Gasteiger partial charge in [0, 0.05) is 18.1 Å². The van der Waals surface area contributed by atoms with Crippen molar-refractivity contribution >= 4 is 11.7 Å². The quantitative estimate of drug-likeness (QED) is 0.631. The number of nitrogens with two attached hydrogens (primary N) is 1. The molecule has 0 aliphatic heterocycles. The van der Waals surface area contributed by atoms with Crippen molar-refractivity contribution in [3.05, 3.63) is 48.3 Å². The van der Waals surface area contributed by atoms with Gasteiger partial charge in [-0.3, -0.25) is 4.98 Å². The van der Waals surface area contributed by atoms with Crippen LogP contribution in [-0.4, -0.2) is 18.1 Å². The number of aromatic nitrogens is 1. The van der Waals surface area contributed by atoms with E-state index in [-0.39, 0.29) is 0 Å². The van der Waals surface area contributed by atoms with Crippen LogP contribution in [-0.2, 0) is 4.74 Å². The van der Waals surface area contributed by atoms with Crippen molar-refractivity contribution in [1.82, 2.24) is 4.98 Å². The van der Waals surface area contributed by atoms with Crippen LogP contribution in [0.1, 0.15) is 10.4 Å². The monoisotopic (exact) mass is 228 g/mol. The molecule has 2 rings (SSSR count). The minimum Gasteiger partial charge on any atom is -0.465 e. The van der Waals surface area contributed by atoms with Gasteiger partial charge < -0.3 is 10.5 Å². The Morgan fingerprint density at radius 3 is 2.53 bits per heavy atom. The predicted molar refractivity (Wildman–Crippen MR) is 65.4 cm³/mol. The summed E-state index contributed by atoms with van der Waals surface area (Å²) >= 11 is 0. The number of hydrogen-bond donors (Lipinski definition) is 1. The summed E-state index contributed by atoms with van der Waals surface area (Å²) in [5.41, 5.74) is 8.56. The lowest BCUT2D eigenvalue weighted by atomic mass is 10.0. The van der Waals surface area contributed by atoms with Crippen molar-refractivity contribution in [2.75, 3.05) is 12.8 Å². The van der Waals surface area contributed by atoms with Gasteiger partial charge in [0.1, 0.15) is 0 Å². The third kappa shape index (κ3) is 2.42. The van der Waals surface area contributed by atoms with Gasteiger partial charge in [-0.15, -0.1) is 0 Å². The molecule has 2 aromatic rings. The number of anilines is 1. The molecule has 0 saturated carbocycles. The molecule has 4 heteroatoms. The summed E-state index contributed by atoms with van der Waals surface area (Å²) in [7, 11) is 1.34. The summed E-state index contributed by atoms with van der Waals surface area (Å²) in [5, 5.41) is 0. The number of carbonyl (C=O) groups is 1. The molecular formula is C13H12N2O2. The Labute approximate surface area is 99.1 Å². The molecule has 0 atom stereocenters. The first kappa shape index (κ1) is 11.1. The number of pyridine rings is 1. The van der Waals surface area contributed by atoms with Crippen molar-refractivity contribution in [2.45, 2.75) is 0 Å². The smallest absolute Gasteiger partial charge is 0.337 e. The molecule has 0 spiro atoms. The number of ether oxygens (including phenoxy) is 1. The Morgan fingerprint density at radius 2 is 1.88 bits per heavy atom. The van der Waals surface area contributed by atoms with Gasteiger partial charge in [0.2, 0.25) is 0 Å².